The summed E-state index contributed by atoms with van der Waals surface area (Å²) in [6.45, 7) is 7.98. The normalized spacial score (nSPS) is 16.8. The summed E-state index contributed by atoms with van der Waals surface area (Å²) < 4.78 is 41.1. The summed E-state index contributed by atoms with van der Waals surface area (Å²) in [4.78, 5) is 25.7. The fourth-order valence-corrected chi connectivity index (χ4v) is 6.51. The van der Waals surface area contributed by atoms with Crippen molar-refractivity contribution >= 4 is 27.6 Å². The van der Waals surface area contributed by atoms with Crippen LogP contribution in [0.15, 0.2) is 29.2 Å². The van der Waals surface area contributed by atoms with Gasteiger partial charge in [0.1, 0.15) is 16.2 Å². The van der Waals surface area contributed by atoms with Gasteiger partial charge in [-0.1, -0.05) is 6.07 Å². The van der Waals surface area contributed by atoms with Gasteiger partial charge in [-0.2, -0.15) is 4.31 Å². The monoisotopic (exact) mass is 491 g/mol. The van der Waals surface area contributed by atoms with Crippen LogP contribution in [0.2, 0.25) is 0 Å². The van der Waals surface area contributed by atoms with Crippen LogP contribution in [0.1, 0.15) is 48.4 Å². The lowest BCUT2D eigenvalue weighted by Crippen LogP contribution is -2.44. The van der Waals surface area contributed by atoms with Gasteiger partial charge in [-0.25, -0.2) is 13.2 Å². The summed E-state index contributed by atoms with van der Waals surface area (Å²) in [5.74, 6) is -0.810. The maximum atomic E-state index is 13.8. The van der Waals surface area contributed by atoms with Gasteiger partial charge in [0.25, 0.3) is 0 Å². The number of carbonyl (C=O) groups is 2. The highest BCUT2D eigenvalue weighted by molar-refractivity contribution is 7.89. The Morgan fingerprint density at radius 1 is 1.18 bits per heavy atom. The molecular formula is C24H33N3O6S. The Morgan fingerprint density at radius 3 is 2.56 bits per heavy atom. The van der Waals surface area contributed by atoms with E-state index in [1.807, 2.05) is 6.92 Å². The Labute approximate surface area is 201 Å². The summed E-state index contributed by atoms with van der Waals surface area (Å²) in [6.07, 6.45) is 1.11. The molecular weight excluding hydrogens is 458 g/mol. The zero-order chi connectivity index (χ0) is 25.0. The third-order valence-corrected chi connectivity index (χ3v) is 8.24. The first-order valence-corrected chi connectivity index (χ1v) is 12.9. The van der Waals surface area contributed by atoms with E-state index in [9.17, 15) is 18.0 Å². The van der Waals surface area contributed by atoms with Gasteiger partial charge < -0.3 is 19.4 Å². The molecule has 1 amide bonds. The van der Waals surface area contributed by atoms with Gasteiger partial charge in [-0.05, 0) is 52.7 Å². The number of aromatic nitrogens is 1. The van der Waals surface area contributed by atoms with E-state index >= 15 is 0 Å². The summed E-state index contributed by atoms with van der Waals surface area (Å²) in [7, 11) is -2.49. The van der Waals surface area contributed by atoms with E-state index in [1.165, 1.54) is 4.31 Å². The van der Waals surface area contributed by atoms with E-state index in [4.69, 9.17) is 9.47 Å². The molecule has 0 bridgehead atoms. The van der Waals surface area contributed by atoms with Gasteiger partial charge in [-0.3, -0.25) is 4.79 Å². The Kier molecular flexibility index (Phi) is 8.04. The van der Waals surface area contributed by atoms with Crippen LogP contribution < -0.4 is 10.1 Å². The first-order valence-electron chi connectivity index (χ1n) is 11.5. The second-order valence-electron chi connectivity index (χ2n) is 8.26. The van der Waals surface area contributed by atoms with Crippen LogP contribution in [-0.4, -0.2) is 56.0 Å². The van der Waals surface area contributed by atoms with Gasteiger partial charge in [0.15, 0.2) is 0 Å². The lowest BCUT2D eigenvalue weighted by molar-refractivity contribution is -0.120. The number of amides is 1. The number of rotatable bonds is 8. The SMILES string of the molecule is CCOC(=O)c1c(S(=O)(=O)N2CCC[C@H](C(=O)Nc3cccc(OC)c3)C2)c(C)n(CC)c1C. The number of hydrogen-bond donors (Lipinski definition) is 1. The van der Waals surface area contributed by atoms with Gasteiger partial charge in [0, 0.05) is 42.8 Å². The van der Waals surface area contributed by atoms with Crippen molar-refractivity contribution in [3.8, 4) is 5.75 Å². The van der Waals surface area contributed by atoms with E-state index in [0.717, 1.165) is 0 Å². The van der Waals surface area contributed by atoms with Crippen LogP contribution in [0.5, 0.6) is 5.75 Å². The highest BCUT2D eigenvalue weighted by atomic mass is 32.2. The standard InChI is InChI=1S/C24H33N3O6S/c1-6-27-16(3)21(24(29)33-7-2)22(17(27)4)34(30,31)26-13-9-10-18(15-26)23(28)25-19-11-8-12-20(14-19)32-5/h8,11-12,14,18H,6-7,9-10,13,15H2,1-5H3,(H,25,28)/t18-/m0/s1. The number of esters is 1. The van der Waals surface area contributed by atoms with Crippen molar-refractivity contribution in [2.75, 3.05) is 32.1 Å². The van der Waals surface area contributed by atoms with E-state index in [2.05, 4.69) is 5.32 Å². The summed E-state index contributed by atoms with van der Waals surface area (Å²) >= 11 is 0. The molecule has 0 aliphatic carbocycles. The quantitative estimate of drug-likeness (QED) is 0.568. The smallest absolute Gasteiger partial charge is 0.341 e. The minimum absolute atomic E-state index is 0.0286. The average Bonchev–Trinajstić information content (AvgIpc) is 3.09. The molecule has 1 aromatic heterocycles. The fraction of sp³-hybridized carbons (Fsp3) is 0.500. The summed E-state index contributed by atoms with van der Waals surface area (Å²) in [6, 6.07) is 7.01. The van der Waals surface area contributed by atoms with Gasteiger partial charge in [-0.15, -0.1) is 0 Å². The van der Waals surface area contributed by atoms with Crippen molar-refractivity contribution < 1.29 is 27.5 Å². The molecule has 9 nitrogen and oxygen atoms in total. The van der Waals surface area contributed by atoms with E-state index < -0.39 is 21.9 Å². The number of nitrogens with one attached hydrogen (secondary N) is 1. The van der Waals surface area contributed by atoms with Crippen LogP contribution in [0.25, 0.3) is 0 Å². The number of nitrogens with zero attached hydrogens (tertiary/aromatic N) is 2. The number of sulfonamides is 1. The Hall–Kier alpha value is -2.85. The van der Waals surface area contributed by atoms with Crippen molar-refractivity contribution in [2.45, 2.75) is 52.0 Å². The van der Waals surface area contributed by atoms with Crippen molar-refractivity contribution in [3.63, 3.8) is 0 Å². The number of carbonyl (C=O) groups excluding carboxylic acids is 2. The topological polar surface area (TPSA) is 107 Å². The number of benzene rings is 1. The molecule has 1 fully saturated rings. The maximum Gasteiger partial charge on any atom is 0.341 e. The molecule has 2 aromatic rings. The van der Waals surface area contributed by atoms with Crippen LogP contribution in [-0.2, 0) is 26.1 Å². The largest absolute Gasteiger partial charge is 0.497 e. The average molecular weight is 492 g/mol. The summed E-state index contributed by atoms with van der Waals surface area (Å²) in [5.41, 5.74) is 1.71. The molecule has 10 heteroatoms. The Bertz CT molecular complexity index is 1170. The lowest BCUT2D eigenvalue weighted by atomic mass is 9.98. The predicted octanol–water partition coefficient (Wildman–Crippen LogP) is 3.35. The lowest BCUT2D eigenvalue weighted by Gasteiger charge is -2.31. The molecule has 0 saturated carbocycles. The molecule has 1 aliphatic heterocycles. The van der Waals surface area contributed by atoms with Crippen molar-refractivity contribution in [1.29, 1.82) is 0 Å². The molecule has 186 valence electrons. The zero-order valence-electron chi connectivity index (χ0n) is 20.4. The van der Waals surface area contributed by atoms with Crippen LogP contribution in [0, 0.1) is 19.8 Å². The van der Waals surface area contributed by atoms with Crippen LogP contribution in [0.3, 0.4) is 0 Å². The fourth-order valence-electron chi connectivity index (χ4n) is 4.54. The van der Waals surface area contributed by atoms with E-state index in [1.54, 1.807) is 56.7 Å². The second-order valence-corrected chi connectivity index (χ2v) is 10.1. The molecule has 2 heterocycles. The molecule has 3 rings (SSSR count). The number of hydrogen-bond acceptors (Lipinski definition) is 6. The van der Waals surface area contributed by atoms with Crippen molar-refractivity contribution in [2.24, 2.45) is 5.92 Å². The summed E-state index contributed by atoms with van der Waals surface area (Å²) in [5, 5.41) is 2.86. The van der Waals surface area contributed by atoms with Crippen molar-refractivity contribution in [1.82, 2.24) is 8.87 Å². The molecule has 1 atom stereocenters. The Balaban J connectivity index is 1.89. The van der Waals surface area contributed by atoms with E-state index in [0.29, 0.717) is 42.2 Å². The number of piperidine rings is 1. The van der Waals surface area contributed by atoms with Crippen LogP contribution >= 0.6 is 0 Å². The van der Waals surface area contributed by atoms with Gasteiger partial charge in [0.2, 0.25) is 15.9 Å². The van der Waals surface area contributed by atoms with Gasteiger partial charge >= 0.3 is 5.97 Å². The molecule has 1 aromatic carbocycles. The van der Waals surface area contributed by atoms with Crippen LogP contribution in [0.4, 0.5) is 5.69 Å². The zero-order valence-corrected chi connectivity index (χ0v) is 21.2. The first kappa shape index (κ1) is 25.8. The predicted molar refractivity (Wildman–Crippen MR) is 129 cm³/mol. The molecule has 1 N–H and O–H groups in total. The first-order chi connectivity index (χ1) is 16.1. The Morgan fingerprint density at radius 2 is 1.91 bits per heavy atom. The second kappa shape index (κ2) is 10.6. The molecule has 34 heavy (non-hydrogen) atoms. The number of methoxy groups -OCH3 is 1. The molecule has 0 spiro atoms. The molecule has 0 unspecified atom stereocenters. The highest BCUT2D eigenvalue weighted by Gasteiger charge is 2.39. The molecule has 0 radical (unpaired) electrons. The highest BCUT2D eigenvalue weighted by Crippen LogP contribution is 2.33. The third-order valence-electron chi connectivity index (χ3n) is 6.21. The molecule has 1 saturated heterocycles. The van der Waals surface area contributed by atoms with Gasteiger partial charge in [0.05, 0.1) is 19.6 Å². The number of anilines is 1. The molecule has 1 aliphatic rings. The van der Waals surface area contributed by atoms with Crippen molar-refractivity contribution in [3.05, 3.63) is 41.2 Å². The minimum atomic E-state index is -4.04. The third kappa shape index (κ3) is 4.97. The maximum absolute atomic E-state index is 13.8. The number of ether oxygens (including phenoxy) is 2. The minimum Gasteiger partial charge on any atom is -0.497 e. The van der Waals surface area contributed by atoms with E-state index in [-0.39, 0.29) is 36.1 Å².